The molecule has 0 radical (unpaired) electrons. The third-order valence-corrected chi connectivity index (χ3v) is 0.241. The van der Waals surface area contributed by atoms with Crippen molar-refractivity contribution in [1.82, 2.24) is 0 Å². The number of hydrogen-bond donors (Lipinski definition) is 2. The van der Waals surface area contributed by atoms with Gasteiger partial charge < -0.3 is 10.2 Å². The number of carboxylic acids is 1. The van der Waals surface area contributed by atoms with Crippen LogP contribution in [0, 0.1) is 0 Å². The largest absolute Gasteiger partial charge is 0.507 e. The molecule has 0 bridgehead atoms. The van der Waals surface area contributed by atoms with Crippen molar-refractivity contribution in [3.8, 4) is 0 Å². The maximum absolute atomic E-state index is 9.00. The SMILES string of the molecule is CC(=O)O.CC=C=CO. The molecule has 0 atom stereocenters. The van der Waals surface area contributed by atoms with E-state index in [4.69, 9.17) is 15.0 Å². The Kier molecular flexibility index (Phi) is 11.8. The maximum atomic E-state index is 9.00. The quantitative estimate of drug-likeness (QED) is 0.384. The molecule has 0 aromatic heterocycles. The molecule has 0 aliphatic rings. The van der Waals surface area contributed by atoms with Crippen LogP contribution < -0.4 is 0 Å². The highest BCUT2D eigenvalue weighted by Gasteiger charge is 1.65. The number of aliphatic carboxylic acids is 1. The fourth-order valence-corrected chi connectivity index (χ4v) is 0.0745. The van der Waals surface area contributed by atoms with E-state index in [-0.39, 0.29) is 0 Å². The zero-order chi connectivity index (χ0) is 7.70. The molecule has 0 aromatic carbocycles. The smallest absolute Gasteiger partial charge is 0.300 e. The monoisotopic (exact) mass is 130 g/mol. The number of carbonyl (C=O) groups is 1. The van der Waals surface area contributed by atoms with Gasteiger partial charge in [0.15, 0.2) is 0 Å². The van der Waals surface area contributed by atoms with Gasteiger partial charge >= 0.3 is 0 Å². The lowest BCUT2D eigenvalue weighted by Crippen LogP contribution is -1.78. The van der Waals surface area contributed by atoms with Crippen LogP contribution in [0.4, 0.5) is 0 Å². The predicted octanol–water partition coefficient (Wildman–Crippen LogP) is 1.32. The molecule has 0 amide bonds. The summed E-state index contributed by atoms with van der Waals surface area (Å²) in [5.74, 6) is -0.833. The van der Waals surface area contributed by atoms with E-state index >= 15 is 0 Å². The van der Waals surface area contributed by atoms with Crippen molar-refractivity contribution in [2.45, 2.75) is 13.8 Å². The van der Waals surface area contributed by atoms with Crippen molar-refractivity contribution in [1.29, 1.82) is 0 Å². The Morgan fingerprint density at radius 2 is 2.00 bits per heavy atom. The van der Waals surface area contributed by atoms with E-state index in [2.05, 4.69) is 5.73 Å². The number of aliphatic hydroxyl groups is 1. The Morgan fingerprint density at radius 1 is 1.67 bits per heavy atom. The highest BCUT2D eigenvalue weighted by Crippen LogP contribution is 1.53. The number of rotatable bonds is 0. The molecule has 0 aromatic rings. The molecular weight excluding hydrogens is 120 g/mol. The minimum atomic E-state index is -0.833. The molecule has 0 fully saturated rings. The van der Waals surface area contributed by atoms with E-state index in [0.717, 1.165) is 13.2 Å². The lowest BCUT2D eigenvalue weighted by molar-refractivity contribution is -0.134. The molecule has 0 heterocycles. The van der Waals surface area contributed by atoms with E-state index < -0.39 is 5.97 Å². The zero-order valence-electron chi connectivity index (χ0n) is 5.46. The van der Waals surface area contributed by atoms with Gasteiger partial charge in [0, 0.05) is 6.92 Å². The summed E-state index contributed by atoms with van der Waals surface area (Å²) in [7, 11) is 0. The van der Waals surface area contributed by atoms with Gasteiger partial charge in [0.2, 0.25) is 0 Å². The van der Waals surface area contributed by atoms with Crippen LogP contribution in [-0.2, 0) is 4.79 Å². The van der Waals surface area contributed by atoms with Crippen LogP contribution in [0.2, 0.25) is 0 Å². The van der Waals surface area contributed by atoms with Crippen LogP contribution >= 0.6 is 0 Å². The second kappa shape index (κ2) is 9.92. The van der Waals surface area contributed by atoms with Gasteiger partial charge in [0.1, 0.15) is 6.26 Å². The first kappa shape index (κ1) is 10.7. The third-order valence-electron chi connectivity index (χ3n) is 0.241. The fraction of sp³-hybridized carbons (Fsp3) is 0.333. The molecule has 3 nitrogen and oxygen atoms in total. The average Bonchev–Trinajstić information content (AvgIpc) is 1.66. The number of hydrogen-bond acceptors (Lipinski definition) is 2. The van der Waals surface area contributed by atoms with Gasteiger partial charge in [-0.1, -0.05) is 5.73 Å². The summed E-state index contributed by atoms with van der Waals surface area (Å²) in [4.78, 5) is 9.00. The highest BCUT2D eigenvalue weighted by atomic mass is 16.4. The van der Waals surface area contributed by atoms with Crippen molar-refractivity contribution >= 4 is 5.97 Å². The number of aliphatic hydroxyl groups excluding tert-OH is 1. The Labute approximate surface area is 53.9 Å². The molecule has 0 aliphatic carbocycles. The second-order valence-electron chi connectivity index (χ2n) is 1.10. The normalized spacial score (nSPS) is 5.56. The van der Waals surface area contributed by atoms with E-state index in [1.54, 1.807) is 13.0 Å². The minimum absolute atomic E-state index is 0.833. The van der Waals surface area contributed by atoms with Crippen LogP contribution in [0.3, 0.4) is 0 Å². The first-order chi connectivity index (χ1) is 4.15. The molecule has 0 unspecified atom stereocenters. The summed E-state index contributed by atoms with van der Waals surface area (Å²) < 4.78 is 0. The van der Waals surface area contributed by atoms with Gasteiger partial charge in [-0.25, -0.2) is 0 Å². The van der Waals surface area contributed by atoms with Crippen LogP contribution in [0.5, 0.6) is 0 Å². The van der Waals surface area contributed by atoms with Crippen LogP contribution in [0.25, 0.3) is 0 Å². The molecule has 0 saturated carbocycles. The Bertz CT molecular complexity index is 110. The van der Waals surface area contributed by atoms with Gasteiger partial charge in [0.05, 0.1) is 0 Å². The summed E-state index contributed by atoms with van der Waals surface area (Å²) in [5, 5.41) is 15.2. The Hall–Kier alpha value is -1.21. The minimum Gasteiger partial charge on any atom is -0.507 e. The zero-order valence-corrected chi connectivity index (χ0v) is 5.46. The summed E-state index contributed by atoms with van der Waals surface area (Å²) in [6, 6.07) is 0. The fourth-order valence-electron chi connectivity index (χ4n) is 0.0745. The van der Waals surface area contributed by atoms with E-state index in [1.165, 1.54) is 0 Å². The summed E-state index contributed by atoms with van der Waals surface area (Å²) >= 11 is 0. The van der Waals surface area contributed by atoms with Crippen molar-refractivity contribution < 1.29 is 15.0 Å². The Morgan fingerprint density at radius 3 is 2.00 bits per heavy atom. The van der Waals surface area contributed by atoms with Gasteiger partial charge in [-0.05, 0) is 13.0 Å². The molecule has 0 spiro atoms. The van der Waals surface area contributed by atoms with Gasteiger partial charge in [-0.3, -0.25) is 4.79 Å². The van der Waals surface area contributed by atoms with Crippen molar-refractivity contribution in [2.75, 3.05) is 0 Å². The number of carboxylic acid groups (broad SMARTS) is 1. The highest BCUT2D eigenvalue weighted by molar-refractivity contribution is 5.62. The van der Waals surface area contributed by atoms with Crippen LogP contribution in [0.15, 0.2) is 18.1 Å². The molecule has 9 heavy (non-hydrogen) atoms. The van der Waals surface area contributed by atoms with Gasteiger partial charge in [-0.2, -0.15) is 0 Å². The predicted molar refractivity (Wildman–Crippen MR) is 34.3 cm³/mol. The molecule has 3 heteroatoms. The third kappa shape index (κ3) is 250. The summed E-state index contributed by atoms with van der Waals surface area (Å²) in [5.41, 5.74) is 2.42. The van der Waals surface area contributed by atoms with Crippen molar-refractivity contribution in [3.63, 3.8) is 0 Å². The topological polar surface area (TPSA) is 57.5 Å². The maximum Gasteiger partial charge on any atom is 0.300 e. The van der Waals surface area contributed by atoms with Gasteiger partial charge in [-0.15, -0.1) is 0 Å². The van der Waals surface area contributed by atoms with Crippen molar-refractivity contribution in [2.24, 2.45) is 0 Å². The van der Waals surface area contributed by atoms with Crippen LogP contribution in [-0.4, -0.2) is 16.2 Å². The molecule has 0 aliphatic heterocycles. The molecule has 52 valence electrons. The molecular formula is C6H10O3. The first-order valence-corrected chi connectivity index (χ1v) is 2.34. The molecule has 2 N–H and O–H groups in total. The summed E-state index contributed by atoms with van der Waals surface area (Å²) in [6.07, 6.45) is 2.50. The Balaban J connectivity index is 0. The second-order valence-corrected chi connectivity index (χ2v) is 1.10. The van der Waals surface area contributed by atoms with Crippen molar-refractivity contribution in [3.05, 3.63) is 18.1 Å². The van der Waals surface area contributed by atoms with E-state index in [9.17, 15) is 0 Å². The number of allylic oxidation sites excluding steroid dienone is 1. The standard InChI is InChI=1S/C4H6O.C2H4O2/c1-2-3-4-5;1-2(3)4/h2,4-5H,1H3;1H3,(H,3,4). The molecule has 0 saturated heterocycles. The van der Waals surface area contributed by atoms with Gasteiger partial charge in [0.25, 0.3) is 5.97 Å². The summed E-state index contributed by atoms with van der Waals surface area (Å²) in [6.45, 7) is 2.87. The lowest BCUT2D eigenvalue weighted by atomic mass is 10.7. The van der Waals surface area contributed by atoms with Crippen LogP contribution in [0.1, 0.15) is 13.8 Å². The average molecular weight is 130 g/mol. The first-order valence-electron chi connectivity index (χ1n) is 2.34. The van der Waals surface area contributed by atoms with E-state index in [1.807, 2.05) is 0 Å². The van der Waals surface area contributed by atoms with E-state index in [0.29, 0.717) is 0 Å². The lowest BCUT2D eigenvalue weighted by Gasteiger charge is -1.59. The molecule has 0 rings (SSSR count).